The molecule has 1 amide bonds. The van der Waals surface area contributed by atoms with E-state index in [-0.39, 0.29) is 17.8 Å². The molecular weight excluding hydrogens is 236 g/mol. The number of aromatic nitrogens is 1. The summed E-state index contributed by atoms with van der Waals surface area (Å²) in [7, 11) is 1.52. The molecule has 2 rings (SSSR count). The van der Waals surface area contributed by atoms with Crippen LogP contribution in [0.4, 0.5) is 5.82 Å². The van der Waals surface area contributed by atoms with Crippen LogP contribution in [0.2, 0.25) is 0 Å². The van der Waals surface area contributed by atoms with Crippen molar-refractivity contribution in [2.75, 3.05) is 13.1 Å². The van der Waals surface area contributed by atoms with Gasteiger partial charge in [0.15, 0.2) is 5.69 Å². The van der Waals surface area contributed by atoms with E-state index in [9.17, 15) is 14.9 Å². The molecule has 1 fully saturated rings. The third-order valence-corrected chi connectivity index (χ3v) is 3.19. The predicted molar refractivity (Wildman–Crippen MR) is 65.4 cm³/mol. The van der Waals surface area contributed by atoms with Gasteiger partial charge in [0.2, 0.25) is 0 Å². The largest absolute Gasteiger partial charge is 0.358 e. The molecule has 0 radical (unpaired) electrons. The number of carbonyl (C=O) groups excluding carboxylic acids is 1. The molecule has 0 aromatic carbocycles. The Bertz CT molecular complexity index is 463. The molecule has 98 valence electrons. The highest BCUT2D eigenvalue weighted by Gasteiger charge is 2.23. The van der Waals surface area contributed by atoms with Crippen LogP contribution in [-0.2, 0) is 7.05 Å². The molecule has 1 aromatic rings. The Labute approximate surface area is 104 Å². The molecule has 1 aliphatic rings. The van der Waals surface area contributed by atoms with E-state index in [1.807, 2.05) is 0 Å². The van der Waals surface area contributed by atoms with E-state index in [1.54, 1.807) is 0 Å². The summed E-state index contributed by atoms with van der Waals surface area (Å²) in [6, 6.07) is 2.97. The molecule has 0 saturated carbocycles. The van der Waals surface area contributed by atoms with Crippen LogP contribution in [0.25, 0.3) is 0 Å². The van der Waals surface area contributed by atoms with Crippen molar-refractivity contribution in [1.29, 1.82) is 0 Å². The maximum atomic E-state index is 12.0. The van der Waals surface area contributed by atoms with E-state index < -0.39 is 4.92 Å². The van der Waals surface area contributed by atoms with Crippen LogP contribution in [-0.4, -0.2) is 34.5 Å². The predicted octanol–water partition coefficient (Wildman–Crippen LogP) is 0.415. The van der Waals surface area contributed by atoms with Gasteiger partial charge >= 0.3 is 5.82 Å². The first kappa shape index (κ1) is 12.6. The van der Waals surface area contributed by atoms with Crippen molar-refractivity contribution in [1.82, 2.24) is 15.2 Å². The molecule has 7 heteroatoms. The molecule has 0 bridgehead atoms. The highest BCUT2D eigenvalue weighted by atomic mass is 16.6. The van der Waals surface area contributed by atoms with Crippen LogP contribution in [0, 0.1) is 10.1 Å². The average molecular weight is 252 g/mol. The average Bonchev–Trinajstić information content (AvgIpc) is 2.72. The SMILES string of the molecule is Cn1c(C(=O)NC2CCNCC2)ccc1[N+](=O)[O-]. The van der Waals surface area contributed by atoms with Crippen molar-refractivity contribution < 1.29 is 9.72 Å². The lowest BCUT2D eigenvalue weighted by Gasteiger charge is -2.23. The molecule has 1 aromatic heterocycles. The van der Waals surface area contributed by atoms with Crippen LogP contribution in [0.5, 0.6) is 0 Å². The summed E-state index contributed by atoms with van der Waals surface area (Å²) in [5.41, 5.74) is 0.320. The number of rotatable bonds is 3. The van der Waals surface area contributed by atoms with Crippen molar-refractivity contribution in [3.63, 3.8) is 0 Å². The summed E-state index contributed by atoms with van der Waals surface area (Å²) in [5, 5.41) is 16.8. The van der Waals surface area contributed by atoms with Gasteiger partial charge in [-0.2, -0.15) is 0 Å². The number of carbonyl (C=O) groups is 1. The van der Waals surface area contributed by atoms with Gasteiger partial charge in [0.25, 0.3) is 5.91 Å². The van der Waals surface area contributed by atoms with Crippen molar-refractivity contribution >= 4 is 11.7 Å². The summed E-state index contributed by atoms with van der Waals surface area (Å²) >= 11 is 0. The van der Waals surface area contributed by atoms with E-state index in [1.165, 1.54) is 23.7 Å². The minimum absolute atomic E-state index is 0.0783. The van der Waals surface area contributed by atoms with Crippen LogP contribution < -0.4 is 10.6 Å². The van der Waals surface area contributed by atoms with E-state index in [4.69, 9.17) is 0 Å². The Morgan fingerprint density at radius 1 is 1.50 bits per heavy atom. The molecule has 18 heavy (non-hydrogen) atoms. The van der Waals surface area contributed by atoms with Gasteiger partial charge in [0.1, 0.15) is 0 Å². The molecule has 1 aliphatic heterocycles. The first-order valence-electron chi connectivity index (χ1n) is 5.91. The van der Waals surface area contributed by atoms with E-state index in [2.05, 4.69) is 10.6 Å². The van der Waals surface area contributed by atoms with Gasteiger partial charge in [-0.3, -0.25) is 4.79 Å². The first-order chi connectivity index (χ1) is 8.59. The maximum absolute atomic E-state index is 12.0. The van der Waals surface area contributed by atoms with Crippen molar-refractivity contribution in [3.8, 4) is 0 Å². The fourth-order valence-corrected chi connectivity index (χ4v) is 2.14. The van der Waals surface area contributed by atoms with Gasteiger partial charge in [0, 0.05) is 12.1 Å². The number of amides is 1. The zero-order valence-electron chi connectivity index (χ0n) is 10.2. The van der Waals surface area contributed by atoms with Gasteiger partial charge in [0.05, 0.1) is 7.05 Å². The van der Waals surface area contributed by atoms with Crippen molar-refractivity contribution in [3.05, 3.63) is 27.9 Å². The maximum Gasteiger partial charge on any atom is 0.323 e. The van der Waals surface area contributed by atoms with Gasteiger partial charge < -0.3 is 20.7 Å². The monoisotopic (exact) mass is 252 g/mol. The van der Waals surface area contributed by atoms with Gasteiger partial charge in [-0.05, 0) is 36.9 Å². The summed E-state index contributed by atoms with van der Waals surface area (Å²) in [6.07, 6.45) is 1.77. The smallest absolute Gasteiger partial charge is 0.323 e. The second-order valence-electron chi connectivity index (χ2n) is 4.39. The summed E-state index contributed by atoms with van der Waals surface area (Å²) in [5.74, 6) is -0.331. The minimum atomic E-state index is -0.499. The van der Waals surface area contributed by atoms with Crippen LogP contribution in [0.3, 0.4) is 0 Å². The highest BCUT2D eigenvalue weighted by Crippen LogP contribution is 2.15. The molecule has 0 aliphatic carbocycles. The Morgan fingerprint density at radius 3 is 2.72 bits per heavy atom. The van der Waals surface area contributed by atoms with E-state index in [0.29, 0.717) is 5.69 Å². The van der Waals surface area contributed by atoms with Gasteiger partial charge in [-0.25, -0.2) is 4.57 Å². The standard InChI is InChI=1S/C11H16N4O3/c1-14-9(2-3-10(14)15(17)18)11(16)13-8-4-6-12-7-5-8/h2-3,8,12H,4-7H2,1H3,(H,13,16). The van der Waals surface area contributed by atoms with E-state index in [0.717, 1.165) is 25.9 Å². The molecule has 0 atom stereocenters. The quantitative estimate of drug-likeness (QED) is 0.602. The van der Waals surface area contributed by atoms with Crippen LogP contribution in [0.1, 0.15) is 23.3 Å². The topological polar surface area (TPSA) is 89.2 Å². The zero-order chi connectivity index (χ0) is 13.1. The van der Waals surface area contributed by atoms with Gasteiger partial charge in [-0.1, -0.05) is 0 Å². The molecule has 7 nitrogen and oxygen atoms in total. The molecule has 2 heterocycles. The summed E-state index contributed by atoms with van der Waals surface area (Å²) in [6.45, 7) is 1.77. The number of nitrogens with one attached hydrogen (secondary N) is 2. The van der Waals surface area contributed by atoms with Crippen molar-refractivity contribution in [2.24, 2.45) is 7.05 Å². The van der Waals surface area contributed by atoms with Gasteiger partial charge in [-0.15, -0.1) is 0 Å². The number of piperidine rings is 1. The fourth-order valence-electron chi connectivity index (χ4n) is 2.14. The Balaban J connectivity index is 2.06. The third kappa shape index (κ3) is 2.51. The lowest BCUT2D eigenvalue weighted by atomic mass is 10.1. The highest BCUT2D eigenvalue weighted by molar-refractivity contribution is 5.93. The van der Waals surface area contributed by atoms with Crippen LogP contribution >= 0.6 is 0 Å². The minimum Gasteiger partial charge on any atom is -0.358 e. The zero-order valence-corrected chi connectivity index (χ0v) is 10.2. The Kier molecular flexibility index (Phi) is 3.61. The molecule has 0 unspecified atom stereocenters. The first-order valence-corrected chi connectivity index (χ1v) is 5.91. The fraction of sp³-hybridized carbons (Fsp3) is 0.545. The lowest BCUT2D eigenvalue weighted by molar-refractivity contribution is -0.391. The van der Waals surface area contributed by atoms with E-state index >= 15 is 0 Å². The molecular formula is C11H16N4O3. The molecule has 1 saturated heterocycles. The second-order valence-corrected chi connectivity index (χ2v) is 4.39. The molecule has 0 spiro atoms. The number of nitrogens with zero attached hydrogens (tertiary/aromatic N) is 2. The lowest BCUT2D eigenvalue weighted by Crippen LogP contribution is -2.43. The molecule has 2 N–H and O–H groups in total. The number of hydrogen-bond donors (Lipinski definition) is 2. The number of nitro groups is 1. The van der Waals surface area contributed by atoms with Crippen molar-refractivity contribution in [2.45, 2.75) is 18.9 Å². The Morgan fingerprint density at radius 2 is 2.17 bits per heavy atom. The Hall–Kier alpha value is -1.89. The van der Waals surface area contributed by atoms with Crippen LogP contribution in [0.15, 0.2) is 12.1 Å². The second kappa shape index (κ2) is 5.18. The summed E-state index contributed by atoms with van der Waals surface area (Å²) in [4.78, 5) is 22.2. The number of hydrogen-bond acceptors (Lipinski definition) is 4. The summed E-state index contributed by atoms with van der Waals surface area (Å²) < 4.78 is 1.30. The third-order valence-electron chi connectivity index (χ3n) is 3.19. The normalized spacial score (nSPS) is 16.5.